The van der Waals surface area contributed by atoms with Gasteiger partial charge in [-0.2, -0.15) is 0 Å². The first-order valence-electron chi connectivity index (χ1n) is 8.37. The van der Waals surface area contributed by atoms with Gasteiger partial charge in [0, 0.05) is 30.6 Å². The van der Waals surface area contributed by atoms with Gasteiger partial charge in [-0.25, -0.2) is 0 Å². The highest BCUT2D eigenvalue weighted by Gasteiger charge is 2.12. The maximum atomic E-state index is 12.2. The minimum atomic E-state index is -0.199. The number of amides is 1. The Labute approximate surface area is 158 Å². The molecule has 0 spiro atoms. The van der Waals surface area contributed by atoms with E-state index in [2.05, 4.69) is 29.5 Å². The molecule has 0 atom stereocenters. The third-order valence-corrected chi connectivity index (χ3v) is 4.05. The van der Waals surface area contributed by atoms with Crippen LogP contribution in [-0.4, -0.2) is 31.7 Å². The molecule has 2 rings (SSSR count). The van der Waals surface area contributed by atoms with Crippen molar-refractivity contribution in [3.8, 4) is 11.5 Å². The first-order valence-corrected chi connectivity index (χ1v) is 8.75. The molecule has 2 N–H and O–H groups in total. The number of hydrogen-bond acceptors (Lipinski definition) is 5. The lowest BCUT2D eigenvalue weighted by atomic mass is 10.1. The van der Waals surface area contributed by atoms with Crippen molar-refractivity contribution in [2.45, 2.75) is 20.3 Å². The van der Waals surface area contributed by atoms with Crippen molar-refractivity contribution in [1.82, 2.24) is 10.3 Å². The fourth-order valence-electron chi connectivity index (χ4n) is 2.31. The van der Waals surface area contributed by atoms with Crippen LogP contribution in [0.4, 0.5) is 11.4 Å². The number of nitrogens with zero attached hydrogens (tertiary/aromatic N) is 1. The Morgan fingerprint density at radius 3 is 2.58 bits per heavy atom. The monoisotopic (exact) mass is 377 g/mol. The van der Waals surface area contributed by atoms with Crippen molar-refractivity contribution in [3.63, 3.8) is 0 Å². The summed E-state index contributed by atoms with van der Waals surface area (Å²) >= 11 is 6.12. The molecule has 0 aliphatic heterocycles. The van der Waals surface area contributed by atoms with Gasteiger partial charge in [-0.1, -0.05) is 25.4 Å². The number of carbonyl (C=O) groups excluding carboxylic acids is 1. The lowest BCUT2D eigenvalue weighted by Crippen LogP contribution is -2.26. The Hall–Kier alpha value is -2.47. The molecule has 2 aromatic rings. The molecule has 1 aromatic heterocycles. The molecule has 0 saturated carbocycles. The van der Waals surface area contributed by atoms with E-state index < -0.39 is 0 Å². The standard InChI is InChI=1S/C19H24ClN3O3/c1-12(2)5-7-22-19(24)16-9-13(6-8-21-16)23-15-11-17(25-3)14(20)10-18(15)26-4/h6,8-12H,5,7H2,1-4H3,(H,21,23)(H,22,24). The number of benzene rings is 1. The number of methoxy groups -OCH3 is 2. The molecule has 26 heavy (non-hydrogen) atoms. The maximum absolute atomic E-state index is 12.2. The Morgan fingerprint density at radius 1 is 1.19 bits per heavy atom. The van der Waals surface area contributed by atoms with E-state index in [0.29, 0.717) is 46.1 Å². The van der Waals surface area contributed by atoms with Crippen molar-refractivity contribution < 1.29 is 14.3 Å². The van der Waals surface area contributed by atoms with E-state index in [1.54, 1.807) is 44.7 Å². The molecule has 0 radical (unpaired) electrons. The molecule has 0 aliphatic carbocycles. The second-order valence-electron chi connectivity index (χ2n) is 6.18. The molecule has 6 nitrogen and oxygen atoms in total. The molecule has 1 aromatic carbocycles. The molecule has 0 bridgehead atoms. The van der Waals surface area contributed by atoms with Crippen LogP contribution in [0.25, 0.3) is 0 Å². The fourth-order valence-corrected chi connectivity index (χ4v) is 2.54. The quantitative estimate of drug-likeness (QED) is 0.718. The zero-order chi connectivity index (χ0) is 19.1. The Balaban J connectivity index is 2.17. The number of pyridine rings is 1. The summed E-state index contributed by atoms with van der Waals surface area (Å²) in [6.45, 7) is 4.85. The Morgan fingerprint density at radius 2 is 1.92 bits per heavy atom. The van der Waals surface area contributed by atoms with Crippen LogP contribution in [-0.2, 0) is 0 Å². The molecule has 7 heteroatoms. The molecule has 0 saturated heterocycles. The maximum Gasteiger partial charge on any atom is 0.269 e. The smallest absolute Gasteiger partial charge is 0.269 e. The average molecular weight is 378 g/mol. The SMILES string of the molecule is COc1cc(Nc2ccnc(C(=O)NCCC(C)C)c2)c(OC)cc1Cl. The predicted octanol–water partition coefficient (Wildman–Crippen LogP) is 4.27. The molecule has 1 amide bonds. The summed E-state index contributed by atoms with van der Waals surface area (Å²) in [6, 6.07) is 6.87. The van der Waals surface area contributed by atoms with E-state index in [9.17, 15) is 4.79 Å². The second kappa shape index (κ2) is 9.29. The largest absolute Gasteiger partial charge is 0.495 e. The summed E-state index contributed by atoms with van der Waals surface area (Å²) in [7, 11) is 3.10. The first-order chi connectivity index (χ1) is 12.4. The molecular formula is C19H24ClN3O3. The summed E-state index contributed by atoms with van der Waals surface area (Å²) in [5.41, 5.74) is 1.72. The van der Waals surface area contributed by atoms with Crippen molar-refractivity contribution in [2.24, 2.45) is 5.92 Å². The van der Waals surface area contributed by atoms with Crippen LogP contribution in [0.3, 0.4) is 0 Å². The minimum Gasteiger partial charge on any atom is -0.495 e. The molecule has 1 heterocycles. The van der Waals surface area contributed by atoms with Gasteiger partial charge in [0.05, 0.1) is 24.9 Å². The number of carbonyl (C=O) groups is 1. The van der Waals surface area contributed by atoms with Crippen LogP contribution in [0.15, 0.2) is 30.5 Å². The lowest BCUT2D eigenvalue weighted by molar-refractivity contribution is 0.0947. The van der Waals surface area contributed by atoms with Crippen LogP contribution in [0.5, 0.6) is 11.5 Å². The number of hydrogen-bond donors (Lipinski definition) is 2. The van der Waals surface area contributed by atoms with Gasteiger partial charge in [0.15, 0.2) is 0 Å². The number of aromatic nitrogens is 1. The van der Waals surface area contributed by atoms with E-state index in [1.807, 2.05) is 0 Å². The van der Waals surface area contributed by atoms with Crippen molar-refractivity contribution in [2.75, 3.05) is 26.1 Å². The third-order valence-electron chi connectivity index (χ3n) is 3.75. The number of nitrogens with one attached hydrogen (secondary N) is 2. The van der Waals surface area contributed by atoms with E-state index in [-0.39, 0.29) is 5.91 Å². The lowest BCUT2D eigenvalue weighted by Gasteiger charge is -2.14. The van der Waals surface area contributed by atoms with E-state index in [1.165, 1.54) is 0 Å². The van der Waals surface area contributed by atoms with Gasteiger partial charge in [0.25, 0.3) is 5.91 Å². The zero-order valence-electron chi connectivity index (χ0n) is 15.4. The number of halogens is 1. The van der Waals surface area contributed by atoms with Crippen molar-refractivity contribution in [3.05, 3.63) is 41.2 Å². The van der Waals surface area contributed by atoms with Gasteiger partial charge < -0.3 is 20.1 Å². The zero-order valence-corrected chi connectivity index (χ0v) is 16.2. The van der Waals surface area contributed by atoms with Crippen molar-refractivity contribution in [1.29, 1.82) is 0 Å². The van der Waals surface area contributed by atoms with Gasteiger partial charge in [0.1, 0.15) is 17.2 Å². The summed E-state index contributed by atoms with van der Waals surface area (Å²) in [4.78, 5) is 16.4. The van der Waals surface area contributed by atoms with E-state index in [4.69, 9.17) is 21.1 Å². The second-order valence-corrected chi connectivity index (χ2v) is 6.59. The minimum absolute atomic E-state index is 0.199. The normalized spacial score (nSPS) is 10.5. The number of anilines is 2. The first kappa shape index (κ1) is 19.8. The Bertz CT molecular complexity index is 766. The van der Waals surface area contributed by atoms with Crippen LogP contribution >= 0.6 is 11.6 Å². The van der Waals surface area contributed by atoms with Gasteiger partial charge in [-0.15, -0.1) is 0 Å². The van der Waals surface area contributed by atoms with E-state index in [0.717, 1.165) is 6.42 Å². The topological polar surface area (TPSA) is 72.5 Å². The number of rotatable bonds is 8. The van der Waals surface area contributed by atoms with Crippen molar-refractivity contribution >= 4 is 28.9 Å². The molecule has 0 aliphatic rings. The van der Waals surface area contributed by atoms with E-state index >= 15 is 0 Å². The Kier molecular flexibility index (Phi) is 7.09. The third kappa shape index (κ3) is 5.26. The predicted molar refractivity (Wildman–Crippen MR) is 104 cm³/mol. The van der Waals surface area contributed by atoms with Crippen LogP contribution < -0.4 is 20.1 Å². The van der Waals surface area contributed by atoms with Gasteiger partial charge >= 0.3 is 0 Å². The average Bonchev–Trinajstić information content (AvgIpc) is 2.62. The van der Waals surface area contributed by atoms with Gasteiger partial charge in [-0.3, -0.25) is 9.78 Å². The highest BCUT2D eigenvalue weighted by atomic mass is 35.5. The van der Waals surface area contributed by atoms with Crippen LogP contribution in [0, 0.1) is 5.92 Å². The fraction of sp³-hybridized carbons (Fsp3) is 0.368. The van der Waals surface area contributed by atoms with Gasteiger partial charge in [0.2, 0.25) is 0 Å². The molecule has 0 fully saturated rings. The summed E-state index contributed by atoms with van der Waals surface area (Å²) in [5.74, 6) is 1.42. The highest BCUT2D eigenvalue weighted by Crippen LogP contribution is 2.37. The summed E-state index contributed by atoms with van der Waals surface area (Å²) < 4.78 is 10.6. The number of ether oxygens (including phenoxy) is 2. The van der Waals surface area contributed by atoms with Gasteiger partial charge in [-0.05, 0) is 24.5 Å². The van der Waals surface area contributed by atoms with Crippen LogP contribution in [0.1, 0.15) is 30.8 Å². The molecule has 0 unspecified atom stereocenters. The summed E-state index contributed by atoms with van der Waals surface area (Å²) in [5, 5.41) is 6.54. The highest BCUT2D eigenvalue weighted by molar-refractivity contribution is 6.32. The molecule has 140 valence electrons. The molecular weight excluding hydrogens is 354 g/mol. The van der Waals surface area contributed by atoms with Crippen LogP contribution in [0.2, 0.25) is 5.02 Å². The summed E-state index contributed by atoms with van der Waals surface area (Å²) in [6.07, 6.45) is 2.50.